The smallest absolute Gasteiger partial charge is 0.136 e. The average Bonchev–Trinajstić information content (AvgIpc) is 2.59. The summed E-state index contributed by atoms with van der Waals surface area (Å²) < 4.78 is 0. The standard InChI is InChI=1S/C13H22O2/c1-10-4-5-12(14)11(8-10)9-13(15)6-2-3-7-13/h10-11,15H,2-9H2,1H3. The second-order valence-electron chi connectivity index (χ2n) is 5.68. The topological polar surface area (TPSA) is 37.3 Å². The fourth-order valence-electron chi connectivity index (χ4n) is 3.22. The van der Waals surface area contributed by atoms with Crippen molar-refractivity contribution in [2.45, 2.75) is 63.9 Å². The van der Waals surface area contributed by atoms with Crippen LogP contribution < -0.4 is 0 Å². The molecule has 0 amide bonds. The summed E-state index contributed by atoms with van der Waals surface area (Å²) in [6.45, 7) is 2.22. The van der Waals surface area contributed by atoms with Crippen molar-refractivity contribution >= 4 is 5.78 Å². The Morgan fingerprint density at radius 2 is 2.07 bits per heavy atom. The van der Waals surface area contributed by atoms with Crippen molar-refractivity contribution in [1.82, 2.24) is 0 Å². The van der Waals surface area contributed by atoms with Crippen LogP contribution >= 0.6 is 0 Å². The summed E-state index contributed by atoms with van der Waals surface area (Å²) in [5.41, 5.74) is -0.503. The summed E-state index contributed by atoms with van der Waals surface area (Å²) in [4.78, 5) is 11.8. The SMILES string of the molecule is CC1CCC(=O)C(CC2(O)CCCC2)C1. The summed E-state index contributed by atoms with van der Waals surface area (Å²) in [7, 11) is 0. The first-order valence-electron chi connectivity index (χ1n) is 6.34. The van der Waals surface area contributed by atoms with E-state index in [1.165, 1.54) is 0 Å². The maximum absolute atomic E-state index is 11.8. The van der Waals surface area contributed by atoms with Crippen molar-refractivity contribution in [2.24, 2.45) is 11.8 Å². The first kappa shape index (κ1) is 11.1. The highest BCUT2D eigenvalue weighted by atomic mass is 16.3. The summed E-state index contributed by atoms with van der Waals surface area (Å²) in [5, 5.41) is 10.3. The Kier molecular flexibility index (Phi) is 3.15. The molecule has 2 aliphatic carbocycles. The van der Waals surface area contributed by atoms with E-state index in [0.29, 0.717) is 11.7 Å². The quantitative estimate of drug-likeness (QED) is 0.761. The molecule has 0 heterocycles. The molecule has 2 saturated carbocycles. The van der Waals surface area contributed by atoms with Gasteiger partial charge >= 0.3 is 0 Å². The van der Waals surface area contributed by atoms with Gasteiger partial charge in [0, 0.05) is 12.3 Å². The third-order valence-corrected chi connectivity index (χ3v) is 4.19. The Hall–Kier alpha value is -0.370. The van der Waals surface area contributed by atoms with Crippen LogP contribution in [0.15, 0.2) is 0 Å². The Morgan fingerprint density at radius 3 is 2.73 bits per heavy atom. The van der Waals surface area contributed by atoms with Gasteiger partial charge < -0.3 is 5.11 Å². The predicted molar refractivity (Wildman–Crippen MR) is 59.5 cm³/mol. The van der Waals surface area contributed by atoms with Crippen LogP contribution in [0.3, 0.4) is 0 Å². The lowest BCUT2D eigenvalue weighted by atomic mass is 9.75. The van der Waals surface area contributed by atoms with Crippen LogP contribution in [0.2, 0.25) is 0 Å². The maximum atomic E-state index is 11.8. The number of rotatable bonds is 2. The zero-order valence-corrected chi connectivity index (χ0v) is 9.67. The van der Waals surface area contributed by atoms with Gasteiger partial charge in [0.15, 0.2) is 0 Å². The molecule has 2 rings (SSSR count). The lowest BCUT2D eigenvalue weighted by molar-refractivity contribution is -0.128. The molecule has 2 nitrogen and oxygen atoms in total. The molecule has 0 aromatic heterocycles. The molecule has 2 heteroatoms. The van der Waals surface area contributed by atoms with E-state index < -0.39 is 5.60 Å². The van der Waals surface area contributed by atoms with Crippen molar-refractivity contribution in [1.29, 1.82) is 0 Å². The van der Waals surface area contributed by atoms with E-state index in [0.717, 1.165) is 51.4 Å². The molecule has 0 aliphatic heterocycles. The van der Waals surface area contributed by atoms with E-state index in [9.17, 15) is 9.90 Å². The fraction of sp³-hybridized carbons (Fsp3) is 0.923. The predicted octanol–water partition coefficient (Wildman–Crippen LogP) is 2.69. The molecular weight excluding hydrogens is 188 g/mol. The summed E-state index contributed by atoms with van der Waals surface area (Å²) >= 11 is 0. The molecule has 0 radical (unpaired) electrons. The second kappa shape index (κ2) is 4.25. The first-order chi connectivity index (χ1) is 7.09. The monoisotopic (exact) mass is 210 g/mol. The Labute approximate surface area is 92.1 Å². The van der Waals surface area contributed by atoms with Crippen molar-refractivity contribution in [3.05, 3.63) is 0 Å². The first-order valence-corrected chi connectivity index (χ1v) is 6.34. The van der Waals surface area contributed by atoms with Gasteiger partial charge in [0.1, 0.15) is 5.78 Å². The number of hydrogen-bond donors (Lipinski definition) is 1. The third kappa shape index (κ3) is 2.60. The highest BCUT2D eigenvalue weighted by molar-refractivity contribution is 5.81. The van der Waals surface area contributed by atoms with Crippen molar-refractivity contribution in [2.75, 3.05) is 0 Å². The maximum Gasteiger partial charge on any atom is 0.136 e. The van der Waals surface area contributed by atoms with Crippen LogP contribution in [-0.2, 0) is 4.79 Å². The molecule has 15 heavy (non-hydrogen) atoms. The summed E-state index contributed by atoms with van der Waals surface area (Å²) in [6.07, 6.45) is 7.60. The van der Waals surface area contributed by atoms with Crippen molar-refractivity contribution in [3.8, 4) is 0 Å². The Balaban J connectivity index is 1.94. The Bertz CT molecular complexity index is 241. The minimum atomic E-state index is -0.503. The van der Waals surface area contributed by atoms with Crippen LogP contribution in [0.25, 0.3) is 0 Å². The lowest BCUT2D eigenvalue weighted by Gasteiger charge is -2.31. The van der Waals surface area contributed by atoms with Gasteiger partial charge in [-0.05, 0) is 38.0 Å². The molecule has 1 N–H and O–H groups in total. The second-order valence-corrected chi connectivity index (χ2v) is 5.68. The number of Topliss-reactive ketones (excluding diaryl/α,β-unsaturated/α-hetero) is 1. The molecule has 0 bridgehead atoms. The van der Waals surface area contributed by atoms with Crippen molar-refractivity contribution < 1.29 is 9.90 Å². The van der Waals surface area contributed by atoms with Gasteiger partial charge in [-0.1, -0.05) is 19.8 Å². The number of hydrogen-bond acceptors (Lipinski definition) is 2. The molecule has 2 fully saturated rings. The largest absolute Gasteiger partial charge is 0.390 e. The van der Waals surface area contributed by atoms with Gasteiger partial charge in [-0.25, -0.2) is 0 Å². The van der Waals surface area contributed by atoms with E-state index >= 15 is 0 Å². The lowest BCUT2D eigenvalue weighted by Crippen LogP contribution is -2.34. The van der Waals surface area contributed by atoms with Gasteiger partial charge in [0.25, 0.3) is 0 Å². The molecule has 2 atom stereocenters. The Morgan fingerprint density at radius 1 is 1.40 bits per heavy atom. The van der Waals surface area contributed by atoms with E-state index in [1.807, 2.05) is 0 Å². The molecule has 0 aromatic carbocycles. The normalized spacial score (nSPS) is 35.7. The number of carbonyl (C=O) groups is 1. The molecule has 0 aromatic rings. The van der Waals surface area contributed by atoms with E-state index in [4.69, 9.17) is 0 Å². The summed E-state index contributed by atoms with van der Waals surface area (Å²) in [6, 6.07) is 0. The third-order valence-electron chi connectivity index (χ3n) is 4.19. The number of carbonyl (C=O) groups excluding carboxylic acids is 1. The fourth-order valence-corrected chi connectivity index (χ4v) is 3.22. The minimum Gasteiger partial charge on any atom is -0.390 e. The molecule has 0 saturated heterocycles. The van der Waals surface area contributed by atoms with Crippen LogP contribution in [0.1, 0.15) is 58.3 Å². The van der Waals surface area contributed by atoms with E-state index in [2.05, 4.69) is 6.92 Å². The zero-order chi connectivity index (χ0) is 10.9. The highest BCUT2D eigenvalue weighted by Gasteiger charge is 2.37. The van der Waals surface area contributed by atoms with Crippen LogP contribution in [0.4, 0.5) is 0 Å². The molecule has 0 spiro atoms. The molecule has 86 valence electrons. The van der Waals surface area contributed by atoms with Gasteiger partial charge in [0.2, 0.25) is 0 Å². The van der Waals surface area contributed by atoms with Crippen molar-refractivity contribution in [3.63, 3.8) is 0 Å². The number of ketones is 1. The number of aliphatic hydroxyl groups is 1. The molecule has 2 unspecified atom stereocenters. The summed E-state index contributed by atoms with van der Waals surface area (Å²) in [5.74, 6) is 1.21. The van der Waals surface area contributed by atoms with Gasteiger partial charge in [0.05, 0.1) is 5.60 Å². The molecule has 2 aliphatic rings. The molecular formula is C13H22O2. The van der Waals surface area contributed by atoms with Crippen LogP contribution in [-0.4, -0.2) is 16.5 Å². The van der Waals surface area contributed by atoms with E-state index in [1.54, 1.807) is 0 Å². The minimum absolute atomic E-state index is 0.150. The van der Waals surface area contributed by atoms with Crippen LogP contribution in [0.5, 0.6) is 0 Å². The average molecular weight is 210 g/mol. The van der Waals surface area contributed by atoms with Gasteiger partial charge in [-0.15, -0.1) is 0 Å². The highest BCUT2D eigenvalue weighted by Crippen LogP contribution is 2.39. The van der Waals surface area contributed by atoms with Gasteiger partial charge in [-0.2, -0.15) is 0 Å². The van der Waals surface area contributed by atoms with E-state index in [-0.39, 0.29) is 5.92 Å². The van der Waals surface area contributed by atoms with Crippen LogP contribution in [0, 0.1) is 11.8 Å². The van der Waals surface area contributed by atoms with Gasteiger partial charge in [-0.3, -0.25) is 4.79 Å². The zero-order valence-electron chi connectivity index (χ0n) is 9.67.